The number of benzene rings is 2. The molecule has 30 heavy (non-hydrogen) atoms. The number of Topliss-reactive ketones (excluding diaryl/α,β-unsaturated/α-hetero) is 1. The van der Waals surface area contributed by atoms with E-state index >= 15 is 0 Å². The van der Waals surface area contributed by atoms with E-state index in [1.807, 2.05) is 32.9 Å². The van der Waals surface area contributed by atoms with Crippen LogP contribution in [-0.4, -0.2) is 38.2 Å². The van der Waals surface area contributed by atoms with E-state index in [2.05, 4.69) is 0 Å². The van der Waals surface area contributed by atoms with Crippen molar-refractivity contribution in [1.82, 2.24) is 0 Å². The Hall–Kier alpha value is -3.02. The molecule has 0 atom stereocenters. The predicted molar refractivity (Wildman–Crippen MR) is 113 cm³/mol. The molecule has 0 spiro atoms. The molecule has 160 valence electrons. The van der Waals surface area contributed by atoms with Gasteiger partial charge in [-0.2, -0.15) is 0 Å². The van der Waals surface area contributed by atoms with Gasteiger partial charge in [-0.1, -0.05) is 12.1 Å². The first-order valence-electron chi connectivity index (χ1n) is 10.5. The predicted octanol–water partition coefficient (Wildman–Crippen LogP) is 4.41. The zero-order chi connectivity index (χ0) is 21.5. The highest BCUT2D eigenvalue weighted by Crippen LogP contribution is 2.39. The summed E-state index contributed by atoms with van der Waals surface area (Å²) < 4.78 is 22.2. The van der Waals surface area contributed by atoms with Gasteiger partial charge in [0, 0.05) is 5.56 Å². The monoisotopic (exact) mass is 412 g/mol. The first-order valence-corrected chi connectivity index (χ1v) is 10.5. The van der Waals surface area contributed by atoms with Gasteiger partial charge in [-0.05, 0) is 69.4 Å². The zero-order valence-corrected chi connectivity index (χ0v) is 17.8. The Morgan fingerprint density at radius 2 is 1.43 bits per heavy atom. The number of carbonyl (C=O) groups is 2. The lowest BCUT2D eigenvalue weighted by atomic mass is 10.0. The average Bonchev–Trinajstić information content (AvgIpc) is 3.22. The molecule has 2 aromatic carbocycles. The van der Waals surface area contributed by atoms with Gasteiger partial charge in [-0.15, -0.1) is 0 Å². The van der Waals surface area contributed by atoms with Crippen molar-refractivity contribution in [2.24, 2.45) is 0 Å². The lowest BCUT2D eigenvalue weighted by Gasteiger charge is -2.16. The van der Waals surface area contributed by atoms with Crippen molar-refractivity contribution in [3.05, 3.63) is 52.6 Å². The highest BCUT2D eigenvalue weighted by Gasteiger charge is 2.20. The molecular formula is C24H28O6. The second kappa shape index (κ2) is 10.1. The Balaban J connectivity index is 1.74. The molecule has 0 saturated heterocycles. The molecule has 0 aliphatic heterocycles. The van der Waals surface area contributed by atoms with Crippen LogP contribution in [-0.2, 0) is 17.6 Å². The van der Waals surface area contributed by atoms with Gasteiger partial charge >= 0.3 is 5.97 Å². The summed E-state index contributed by atoms with van der Waals surface area (Å²) in [5.41, 5.74) is 3.32. The van der Waals surface area contributed by atoms with Crippen LogP contribution >= 0.6 is 0 Å². The molecule has 0 aromatic heterocycles. The van der Waals surface area contributed by atoms with Crippen LogP contribution < -0.4 is 14.2 Å². The molecule has 0 radical (unpaired) electrons. The molecule has 1 aliphatic carbocycles. The number of aryl methyl sites for hydroxylation is 2. The van der Waals surface area contributed by atoms with Gasteiger partial charge in [0.25, 0.3) is 0 Å². The largest absolute Gasteiger partial charge is 0.490 e. The van der Waals surface area contributed by atoms with Crippen LogP contribution in [0, 0.1) is 0 Å². The lowest BCUT2D eigenvalue weighted by Crippen LogP contribution is -2.15. The number of carbonyl (C=O) groups excluding carboxylic acids is 2. The van der Waals surface area contributed by atoms with Crippen molar-refractivity contribution in [3.63, 3.8) is 0 Å². The number of ether oxygens (including phenoxy) is 4. The van der Waals surface area contributed by atoms with Crippen molar-refractivity contribution < 1.29 is 28.5 Å². The molecule has 0 saturated carbocycles. The van der Waals surface area contributed by atoms with Crippen LogP contribution in [0.3, 0.4) is 0 Å². The molecule has 0 bridgehead atoms. The zero-order valence-electron chi connectivity index (χ0n) is 17.8. The lowest BCUT2D eigenvalue weighted by molar-refractivity contribution is 0.0474. The summed E-state index contributed by atoms with van der Waals surface area (Å²) >= 11 is 0. The molecule has 0 amide bonds. The molecule has 0 heterocycles. The maximum absolute atomic E-state index is 12.6. The first kappa shape index (κ1) is 21.7. The summed E-state index contributed by atoms with van der Waals surface area (Å²) in [5.74, 6) is 0.421. The van der Waals surface area contributed by atoms with E-state index in [-0.39, 0.29) is 18.0 Å². The van der Waals surface area contributed by atoms with E-state index < -0.39 is 5.97 Å². The summed E-state index contributed by atoms with van der Waals surface area (Å²) in [5, 5.41) is 0. The molecule has 6 heteroatoms. The Morgan fingerprint density at radius 1 is 0.800 bits per heavy atom. The molecule has 3 rings (SSSR count). The van der Waals surface area contributed by atoms with Gasteiger partial charge < -0.3 is 18.9 Å². The van der Waals surface area contributed by atoms with Crippen molar-refractivity contribution >= 4 is 11.8 Å². The maximum Gasteiger partial charge on any atom is 0.338 e. The molecule has 2 aromatic rings. The second-order valence-electron chi connectivity index (χ2n) is 6.94. The minimum absolute atomic E-state index is 0.223. The van der Waals surface area contributed by atoms with Gasteiger partial charge in [-0.25, -0.2) is 4.79 Å². The Labute approximate surface area is 177 Å². The van der Waals surface area contributed by atoms with E-state index in [0.717, 1.165) is 19.3 Å². The number of esters is 1. The number of fused-ring (bicyclic) bond motifs is 1. The standard InChI is InChI=1S/C24H28O6/c1-4-27-21-13-19(14-22(28-5-2)23(21)29-6-3)24(26)30-15-20(25)18-11-10-16-8-7-9-17(16)12-18/h10-14H,4-9,15H2,1-3H3. The summed E-state index contributed by atoms with van der Waals surface area (Å²) in [6, 6.07) is 8.82. The van der Waals surface area contributed by atoms with Crippen LogP contribution in [0.25, 0.3) is 0 Å². The average molecular weight is 412 g/mol. The molecule has 0 unspecified atom stereocenters. The van der Waals surface area contributed by atoms with E-state index in [4.69, 9.17) is 18.9 Å². The Kier molecular flexibility index (Phi) is 7.33. The Bertz CT molecular complexity index is 891. The molecule has 1 aliphatic rings. The van der Waals surface area contributed by atoms with Crippen molar-refractivity contribution in [2.45, 2.75) is 40.0 Å². The van der Waals surface area contributed by atoms with Gasteiger partial charge in [0.1, 0.15) is 0 Å². The van der Waals surface area contributed by atoms with Crippen molar-refractivity contribution in [1.29, 1.82) is 0 Å². The summed E-state index contributed by atoms with van der Waals surface area (Å²) in [6.45, 7) is 6.46. The minimum Gasteiger partial charge on any atom is -0.490 e. The normalized spacial score (nSPS) is 12.2. The van der Waals surface area contributed by atoms with Gasteiger partial charge in [0.2, 0.25) is 5.75 Å². The highest BCUT2D eigenvalue weighted by atomic mass is 16.5. The third-order valence-corrected chi connectivity index (χ3v) is 4.90. The number of ketones is 1. The van der Waals surface area contributed by atoms with Crippen LogP contribution in [0.15, 0.2) is 30.3 Å². The van der Waals surface area contributed by atoms with E-state index in [1.165, 1.54) is 11.1 Å². The molecular weight excluding hydrogens is 384 g/mol. The quantitative estimate of drug-likeness (QED) is 0.425. The fraction of sp³-hybridized carbons (Fsp3) is 0.417. The Morgan fingerprint density at radius 3 is 2.07 bits per heavy atom. The highest BCUT2D eigenvalue weighted by molar-refractivity contribution is 5.99. The molecule has 0 fully saturated rings. The van der Waals surface area contributed by atoms with Crippen molar-refractivity contribution in [2.75, 3.05) is 26.4 Å². The first-order chi connectivity index (χ1) is 14.6. The number of hydrogen-bond acceptors (Lipinski definition) is 6. The second-order valence-corrected chi connectivity index (χ2v) is 6.94. The van der Waals surface area contributed by atoms with Crippen molar-refractivity contribution in [3.8, 4) is 17.2 Å². The van der Waals surface area contributed by atoms with E-state index in [9.17, 15) is 9.59 Å². The van der Waals surface area contributed by atoms with E-state index in [0.29, 0.717) is 42.6 Å². The summed E-state index contributed by atoms with van der Waals surface area (Å²) in [4.78, 5) is 25.1. The van der Waals surface area contributed by atoms with Gasteiger partial charge in [0.15, 0.2) is 23.9 Å². The third-order valence-electron chi connectivity index (χ3n) is 4.90. The fourth-order valence-electron chi connectivity index (χ4n) is 3.55. The number of rotatable bonds is 10. The minimum atomic E-state index is -0.616. The topological polar surface area (TPSA) is 71.1 Å². The fourth-order valence-corrected chi connectivity index (χ4v) is 3.55. The molecule has 6 nitrogen and oxygen atoms in total. The van der Waals surface area contributed by atoms with Gasteiger partial charge in [-0.3, -0.25) is 4.79 Å². The summed E-state index contributed by atoms with van der Waals surface area (Å²) in [7, 11) is 0. The van der Waals surface area contributed by atoms with Crippen LogP contribution in [0.4, 0.5) is 0 Å². The number of hydrogen-bond donors (Lipinski definition) is 0. The third kappa shape index (κ3) is 4.93. The van der Waals surface area contributed by atoms with Crippen LogP contribution in [0.2, 0.25) is 0 Å². The molecule has 0 N–H and O–H groups in total. The van der Waals surface area contributed by atoms with Crippen LogP contribution in [0.5, 0.6) is 17.2 Å². The smallest absolute Gasteiger partial charge is 0.338 e. The maximum atomic E-state index is 12.6. The van der Waals surface area contributed by atoms with E-state index in [1.54, 1.807) is 18.2 Å². The SMILES string of the molecule is CCOc1cc(C(=O)OCC(=O)c2ccc3c(c2)CCC3)cc(OCC)c1OCC. The van der Waals surface area contributed by atoms with Crippen LogP contribution in [0.1, 0.15) is 59.0 Å². The summed E-state index contributed by atoms with van der Waals surface area (Å²) in [6.07, 6.45) is 3.16. The van der Waals surface area contributed by atoms with Gasteiger partial charge in [0.05, 0.1) is 25.4 Å².